The molecule has 106 valence electrons. The van der Waals surface area contributed by atoms with Crippen molar-refractivity contribution in [2.75, 3.05) is 6.61 Å². The summed E-state index contributed by atoms with van der Waals surface area (Å²) in [6.45, 7) is 0.0124. The van der Waals surface area contributed by atoms with Crippen LogP contribution in [0.2, 0.25) is 5.02 Å². The zero-order valence-electron chi connectivity index (χ0n) is 10.8. The van der Waals surface area contributed by atoms with Crippen molar-refractivity contribution in [3.63, 3.8) is 0 Å². The van der Waals surface area contributed by atoms with Crippen molar-refractivity contribution in [2.24, 2.45) is 5.92 Å². The average Bonchev–Trinajstić information content (AvgIpc) is 2.42. The topological polar surface area (TPSA) is 20.2 Å². The number of rotatable bonds is 5. The van der Waals surface area contributed by atoms with Crippen LogP contribution in [0.25, 0.3) is 0 Å². The van der Waals surface area contributed by atoms with E-state index < -0.39 is 0 Å². The van der Waals surface area contributed by atoms with E-state index in [9.17, 15) is 9.50 Å². The summed E-state index contributed by atoms with van der Waals surface area (Å²) >= 11 is 9.29. The third-order valence-corrected chi connectivity index (χ3v) is 3.92. The van der Waals surface area contributed by atoms with Gasteiger partial charge in [0.2, 0.25) is 0 Å². The van der Waals surface area contributed by atoms with Gasteiger partial charge in [-0.2, -0.15) is 0 Å². The number of aliphatic hydroxyl groups is 1. The van der Waals surface area contributed by atoms with Gasteiger partial charge in [0.05, 0.1) is 0 Å². The summed E-state index contributed by atoms with van der Waals surface area (Å²) in [5.41, 5.74) is 1.66. The lowest BCUT2D eigenvalue weighted by Crippen LogP contribution is -2.14. The summed E-state index contributed by atoms with van der Waals surface area (Å²) in [5.74, 6) is -0.269. The minimum Gasteiger partial charge on any atom is -0.396 e. The van der Waals surface area contributed by atoms with Crippen molar-refractivity contribution in [1.29, 1.82) is 0 Å². The molecule has 20 heavy (non-hydrogen) atoms. The SMILES string of the molecule is OCC(Cc1cccc(Cl)c1)Cc1cc(Br)ccc1F. The van der Waals surface area contributed by atoms with Gasteiger partial charge in [-0.15, -0.1) is 0 Å². The largest absolute Gasteiger partial charge is 0.396 e. The molecule has 1 N–H and O–H groups in total. The number of halogens is 3. The Labute approximate surface area is 131 Å². The van der Waals surface area contributed by atoms with Crippen molar-refractivity contribution >= 4 is 27.5 Å². The van der Waals surface area contributed by atoms with E-state index in [-0.39, 0.29) is 18.3 Å². The Hall–Kier alpha value is -0.900. The third-order valence-electron chi connectivity index (χ3n) is 3.19. The van der Waals surface area contributed by atoms with Gasteiger partial charge in [0.1, 0.15) is 5.82 Å². The predicted octanol–water partition coefficient (Wildman–Crippen LogP) is 4.64. The van der Waals surface area contributed by atoms with Crippen LogP contribution in [0.3, 0.4) is 0 Å². The number of hydrogen-bond acceptors (Lipinski definition) is 1. The van der Waals surface area contributed by atoms with E-state index in [0.29, 0.717) is 23.4 Å². The summed E-state index contributed by atoms with van der Waals surface area (Å²) in [6, 6.07) is 12.4. The highest BCUT2D eigenvalue weighted by Gasteiger charge is 2.13. The summed E-state index contributed by atoms with van der Waals surface area (Å²) in [5, 5.41) is 10.2. The Morgan fingerprint density at radius 1 is 1.15 bits per heavy atom. The molecule has 0 bridgehead atoms. The van der Waals surface area contributed by atoms with E-state index in [4.69, 9.17) is 11.6 Å². The molecule has 0 spiro atoms. The predicted molar refractivity (Wildman–Crippen MR) is 83.5 cm³/mol. The van der Waals surface area contributed by atoms with Crippen LogP contribution in [0.15, 0.2) is 46.9 Å². The molecule has 0 heterocycles. The first-order chi connectivity index (χ1) is 9.58. The molecule has 1 nitrogen and oxygen atoms in total. The van der Waals surface area contributed by atoms with Crippen LogP contribution in [0, 0.1) is 11.7 Å². The van der Waals surface area contributed by atoms with E-state index in [1.165, 1.54) is 6.07 Å². The molecule has 0 aliphatic carbocycles. The molecule has 0 saturated carbocycles. The third kappa shape index (κ3) is 4.30. The molecular weight excluding hydrogens is 343 g/mol. The highest BCUT2D eigenvalue weighted by Crippen LogP contribution is 2.21. The second kappa shape index (κ2) is 7.21. The first kappa shape index (κ1) is 15.5. The minimum atomic E-state index is -0.238. The van der Waals surface area contributed by atoms with Crippen LogP contribution in [-0.2, 0) is 12.8 Å². The minimum absolute atomic E-state index is 0.0124. The fraction of sp³-hybridized carbons (Fsp3) is 0.250. The van der Waals surface area contributed by atoms with Crippen LogP contribution < -0.4 is 0 Å². The molecule has 0 aliphatic heterocycles. The van der Waals surface area contributed by atoms with Gasteiger partial charge in [0, 0.05) is 16.1 Å². The highest BCUT2D eigenvalue weighted by atomic mass is 79.9. The molecule has 0 aliphatic rings. The molecule has 0 saturated heterocycles. The lowest BCUT2D eigenvalue weighted by atomic mass is 9.93. The van der Waals surface area contributed by atoms with E-state index in [1.807, 2.05) is 24.3 Å². The highest BCUT2D eigenvalue weighted by molar-refractivity contribution is 9.10. The maximum absolute atomic E-state index is 13.7. The molecule has 0 amide bonds. The maximum atomic E-state index is 13.7. The maximum Gasteiger partial charge on any atom is 0.126 e. The lowest BCUT2D eigenvalue weighted by molar-refractivity contribution is 0.224. The van der Waals surface area contributed by atoms with Crippen LogP contribution in [0.1, 0.15) is 11.1 Å². The first-order valence-corrected chi connectivity index (χ1v) is 7.55. The summed E-state index contributed by atoms with van der Waals surface area (Å²) in [7, 11) is 0. The summed E-state index contributed by atoms with van der Waals surface area (Å²) in [6.07, 6.45) is 1.16. The first-order valence-electron chi connectivity index (χ1n) is 6.37. The molecule has 2 rings (SSSR count). The fourth-order valence-electron chi connectivity index (χ4n) is 2.21. The second-order valence-electron chi connectivity index (χ2n) is 4.82. The van der Waals surface area contributed by atoms with Crippen molar-refractivity contribution < 1.29 is 9.50 Å². The van der Waals surface area contributed by atoms with Crippen molar-refractivity contribution in [3.05, 3.63) is 68.9 Å². The molecule has 0 radical (unpaired) electrons. The molecule has 2 aromatic carbocycles. The van der Waals surface area contributed by atoms with Gasteiger partial charge in [-0.1, -0.05) is 39.7 Å². The number of hydrogen-bond donors (Lipinski definition) is 1. The van der Waals surface area contributed by atoms with Crippen molar-refractivity contribution in [1.82, 2.24) is 0 Å². The van der Waals surface area contributed by atoms with E-state index >= 15 is 0 Å². The molecular formula is C16H15BrClFO. The second-order valence-corrected chi connectivity index (χ2v) is 6.17. The van der Waals surface area contributed by atoms with Crippen LogP contribution in [0.4, 0.5) is 4.39 Å². The smallest absolute Gasteiger partial charge is 0.126 e. The zero-order chi connectivity index (χ0) is 14.5. The Morgan fingerprint density at radius 2 is 1.95 bits per heavy atom. The Kier molecular flexibility index (Phi) is 5.58. The standard InChI is InChI=1S/C16H15BrClFO/c17-14-4-5-16(19)13(9-14)7-12(10-20)6-11-2-1-3-15(18)8-11/h1-5,8-9,12,20H,6-7,10H2. The molecule has 1 unspecified atom stereocenters. The van der Waals surface area contributed by atoms with E-state index in [0.717, 1.165) is 10.0 Å². The van der Waals surface area contributed by atoms with Crippen molar-refractivity contribution in [3.8, 4) is 0 Å². The Bertz CT molecular complexity index is 588. The van der Waals surface area contributed by atoms with E-state index in [1.54, 1.807) is 12.1 Å². The van der Waals surface area contributed by atoms with Gasteiger partial charge in [0.15, 0.2) is 0 Å². The van der Waals surface area contributed by atoms with Gasteiger partial charge in [-0.05, 0) is 60.2 Å². The van der Waals surface area contributed by atoms with Crippen molar-refractivity contribution in [2.45, 2.75) is 12.8 Å². The normalized spacial score (nSPS) is 12.4. The monoisotopic (exact) mass is 356 g/mol. The van der Waals surface area contributed by atoms with Gasteiger partial charge < -0.3 is 5.11 Å². The summed E-state index contributed by atoms with van der Waals surface area (Å²) < 4.78 is 14.6. The Balaban J connectivity index is 2.11. The molecule has 4 heteroatoms. The lowest BCUT2D eigenvalue weighted by Gasteiger charge is -2.15. The zero-order valence-corrected chi connectivity index (χ0v) is 13.2. The average molecular weight is 358 g/mol. The van der Waals surface area contributed by atoms with Crippen LogP contribution >= 0.6 is 27.5 Å². The van der Waals surface area contributed by atoms with Gasteiger partial charge >= 0.3 is 0 Å². The van der Waals surface area contributed by atoms with Crippen LogP contribution in [-0.4, -0.2) is 11.7 Å². The van der Waals surface area contributed by atoms with E-state index in [2.05, 4.69) is 15.9 Å². The van der Waals surface area contributed by atoms with Crippen LogP contribution in [0.5, 0.6) is 0 Å². The van der Waals surface area contributed by atoms with Gasteiger partial charge in [-0.25, -0.2) is 4.39 Å². The Morgan fingerprint density at radius 3 is 2.65 bits per heavy atom. The number of aliphatic hydroxyl groups excluding tert-OH is 1. The van der Waals surface area contributed by atoms with Gasteiger partial charge in [-0.3, -0.25) is 0 Å². The number of benzene rings is 2. The molecule has 0 fully saturated rings. The molecule has 1 atom stereocenters. The van der Waals surface area contributed by atoms with Gasteiger partial charge in [0.25, 0.3) is 0 Å². The fourth-order valence-corrected chi connectivity index (χ4v) is 2.83. The quantitative estimate of drug-likeness (QED) is 0.827. The summed E-state index contributed by atoms with van der Waals surface area (Å²) in [4.78, 5) is 0. The molecule has 2 aromatic rings. The molecule has 0 aromatic heterocycles.